The van der Waals surface area contributed by atoms with E-state index in [1.165, 1.54) is 0 Å². The highest BCUT2D eigenvalue weighted by molar-refractivity contribution is 6.33. The van der Waals surface area contributed by atoms with E-state index in [1.54, 1.807) is 24.5 Å². The number of aryl methyl sites for hydroxylation is 2. The molecule has 1 saturated heterocycles. The topological polar surface area (TPSA) is 72.3 Å². The van der Waals surface area contributed by atoms with Gasteiger partial charge in [-0.25, -0.2) is 13.9 Å². The quantitative estimate of drug-likeness (QED) is 0.438. The van der Waals surface area contributed by atoms with Gasteiger partial charge in [0.05, 0.1) is 28.3 Å². The van der Waals surface area contributed by atoms with Crippen LogP contribution >= 0.6 is 11.6 Å². The summed E-state index contributed by atoms with van der Waals surface area (Å²) in [5.41, 5.74) is 12.6. The smallest absolute Gasteiger partial charge is 0.155 e. The third kappa shape index (κ3) is 3.07. The van der Waals surface area contributed by atoms with Gasteiger partial charge >= 0.3 is 0 Å². The van der Waals surface area contributed by atoms with Crippen molar-refractivity contribution in [2.75, 3.05) is 18.0 Å². The van der Waals surface area contributed by atoms with Crippen molar-refractivity contribution in [1.29, 1.82) is 0 Å². The molecule has 1 spiro atoms. The van der Waals surface area contributed by atoms with Crippen molar-refractivity contribution < 1.29 is 4.39 Å². The summed E-state index contributed by atoms with van der Waals surface area (Å²) in [5, 5.41) is 5.22. The number of piperidine rings is 1. The minimum Gasteiger partial charge on any atom is -0.355 e. The van der Waals surface area contributed by atoms with Crippen LogP contribution in [0.3, 0.4) is 0 Å². The van der Waals surface area contributed by atoms with Crippen LogP contribution in [0.25, 0.3) is 16.8 Å². The van der Waals surface area contributed by atoms with Crippen LogP contribution in [0.1, 0.15) is 41.4 Å². The Labute approximate surface area is 202 Å². The highest BCUT2D eigenvalue weighted by Gasteiger charge is 2.47. The Bertz CT molecular complexity index is 1420. The normalized spacial score (nSPS) is 19.2. The summed E-state index contributed by atoms with van der Waals surface area (Å²) in [6.07, 6.45) is 6.04. The molecule has 0 amide bonds. The molecule has 2 aliphatic rings. The second-order valence-corrected chi connectivity index (χ2v) is 9.95. The summed E-state index contributed by atoms with van der Waals surface area (Å²) in [6.45, 7) is 5.50. The fraction of sp³-hybridized carbons (Fsp3) is 0.346. The third-order valence-corrected chi connectivity index (χ3v) is 8.23. The predicted octanol–water partition coefficient (Wildman–Crippen LogP) is 5.04. The monoisotopic (exact) mass is 476 g/mol. The lowest BCUT2D eigenvalue weighted by Gasteiger charge is -2.42. The highest BCUT2D eigenvalue weighted by atomic mass is 35.5. The van der Waals surface area contributed by atoms with Gasteiger partial charge in [-0.1, -0.05) is 23.7 Å². The zero-order valence-corrected chi connectivity index (χ0v) is 20.0. The summed E-state index contributed by atoms with van der Waals surface area (Å²) in [4.78, 5) is 11.6. The van der Waals surface area contributed by atoms with Crippen molar-refractivity contribution in [3.05, 3.63) is 76.1 Å². The van der Waals surface area contributed by atoms with Crippen LogP contribution in [0.2, 0.25) is 5.02 Å². The summed E-state index contributed by atoms with van der Waals surface area (Å²) in [7, 11) is 0. The van der Waals surface area contributed by atoms with Gasteiger partial charge < -0.3 is 10.6 Å². The molecule has 1 aliphatic carbocycles. The van der Waals surface area contributed by atoms with Crippen molar-refractivity contribution in [2.45, 2.75) is 39.2 Å². The molecule has 1 atom stereocenters. The third-order valence-electron chi connectivity index (χ3n) is 7.76. The predicted molar refractivity (Wildman–Crippen MR) is 132 cm³/mol. The molecule has 3 aromatic heterocycles. The maximum Gasteiger partial charge on any atom is 0.155 e. The van der Waals surface area contributed by atoms with Crippen molar-refractivity contribution >= 4 is 22.9 Å². The molecule has 1 fully saturated rings. The number of halogens is 2. The maximum absolute atomic E-state index is 14.5. The number of benzene rings is 1. The van der Waals surface area contributed by atoms with Gasteiger partial charge in [-0.2, -0.15) is 5.10 Å². The van der Waals surface area contributed by atoms with Crippen LogP contribution in [-0.2, 0) is 6.42 Å². The first-order chi connectivity index (χ1) is 16.4. The molecule has 174 valence electrons. The van der Waals surface area contributed by atoms with E-state index >= 15 is 0 Å². The van der Waals surface area contributed by atoms with Gasteiger partial charge in [-0.3, -0.25) is 4.98 Å². The molecule has 4 aromatic rings. The van der Waals surface area contributed by atoms with Crippen LogP contribution in [0, 0.1) is 25.1 Å². The molecular formula is C26H26ClFN6. The van der Waals surface area contributed by atoms with E-state index in [0.717, 1.165) is 71.0 Å². The van der Waals surface area contributed by atoms with Crippen LogP contribution < -0.4 is 10.6 Å². The Balaban J connectivity index is 1.34. The maximum atomic E-state index is 14.5. The molecule has 1 aromatic carbocycles. The molecular weight excluding hydrogens is 451 g/mol. The van der Waals surface area contributed by atoms with E-state index in [9.17, 15) is 4.39 Å². The average molecular weight is 477 g/mol. The first-order valence-electron chi connectivity index (χ1n) is 11.6. The van der Waals surface area contributed by atoms with E-state index in [4.69, 9.17) is 22.3 Å². The Morgan fingerprint density at radius 1 is 1.09 bits per heavy atom. The highest BCUT2D eigenvalue weighted by Crippen LogP contribution is 2.51. The number of fused-ring (bicyclic) bond motifs is 2. The van der Waals surface area contributed by atoms with Crippen LogP contribution in [0.4, 0.5) is 10.2 Å². The van der Waals surface area contributed by atoms with Gasteiger partial charge in [-0.05, 0) is 67.9 Å². The second kappa shape index (κ2) is 7.75. The Kier molecular flexibility index (Phi) is 4.90. The number of hydrogen-bond donors (Lipinski definition) is 1. The van der Waals surface area contributed by atoms with E-state index in [2.05, 4.69) is 15.0 Å². The van der Waals surface area contributed by atoms with Crippen LogP contribution in [-0.4, -0.2) is 32.7 Å². The number of rotatable bonds is 2. The lowest BCUT2D eigenvalue weighted by Crippen LogP contribution is -2.44. The standard InChI is InChI=1S/C26H26ClFN6/c1-15-22(27)18(6-10-30-15)23-16(2)32-25(21-7-11-31-34(21)23)33-12-8-26(9-13-33)14-19-17(24(26)29)4-3-5-20(19)28/h3-7,10-11,24H,8-9,12-14,29H2,1-2H3/t24-/m1/s1. The lowest BCUT2D eigenvalue weighted by molar-refractivity contribution is 0.186. The Hall–Kier alpha value is -3.03. The van der Waals surface area contributed by atoms with E-state index in [1.807, 2.05) is 36.6 Å². The van der Waals surface area contributed by atoms with Crippen LogP contribution in [0.5, 0.6) is 0 Å². The number of aromatic nitrogens is 4. The van der Waals surface area contributed by atoms with Crippen molar-refractivity contribution in [1.82, 2.24) is 19.6 Å². The fourth-order valence-electron chi connectivity index (χ4n) is 5.84. The average Bonchev–Trinajstić information content (AvgIpc) is 3.41. The van der Waals surface area contributed by atoms with Gasteiger partial charge in [0, 0.05) is 30.9 Å². The Morgan fingerprint density at radius 2 is 1.88 bits per heavy atom. The Morgan fingerprint density at radius 3 is 2.65 bits per heavy atom. The van der Waals surface area contributed by atoms with E-state index in [-0.39, 0.29) is 17.3 Å². The molecule has 4 heterocycles. The largest absolute Gasteiger partial charge is 0.355 e. The molecule has 6 rings (SSSR count). The fourth-order valence-corrected chi connectivity index (χ4v) is 6.04. The molecule has 6 nitrogen and oxygen atoms in total. The zero-order chi connectivity index (χ0) is 23.6. The van der Waals surface area contributed by atoms with Crippen molar-refractivity contribution in [2.24, 2.45) is 11.1 Å². The molecule has 34 heavy (non-hydrogen) atoms. The zero-order valence-electron chi connectivity index (χ0n) is 19.2. The molecule has 0 radical (unpaired) electrons. The van der Waals surface area contributed by atoms with Gasteiger partial charge in [0.15, 0.2) is 5.82 Å². The molecule has 0 bridgehead atoms. The molecule has 8 heteroatoms. The minimum atomic E-state index is -0.135. The first kappa shape index (κ1) is 21.5. The molecule has 0 unspecified atom stereocenters. The number of nitrogens with zero attached hydrogens (tertiary/aromatic N) is 5. The van der Waals surface area contributed by atoms with Crippen molar-refractivity contribution in [3.63, 3.8) is 0 Å². The summed E-state index contributed by atoms with van der Waals surface area (Å²) < 4.78 is 16.4. The molecule has 1 aliphatic heterocycles. The first-order valence-corrected chi connectivity index (χ1v) is 12.0. The van der Waals surface area contributed by atoms with E-state index in [0.29, 0.717) is 11.4 Å². The van der Waals surface area contributed by atoms with E-state index < -0.39 is 0 Å². The molecule has 0 saturated carbocycles. The van der Waals surface area contributed by atoms with Crippen molar-refractivity contribution in [3.8, 4) is 11.3 Å². The minimum absolute atomic E-state index is 0.103. The summed E-state index contributed by atoms with van der Waals surface area (Å²) >= 11 is 6.61. The summed E-state index contributed by atoms with van der Waals surface area (Å²) in [6, 6.07) is 9.05. The summed E-state index contributed by atoms with van der Waals surface area (Å²) in [5.74, 6) is 0.775. The molecule has 2 N–H and O–H groups in total. The number of pyridine rings is 1. The van der Waals surface area contributed by atoms with Gasteiger partial charge in [-0.15, -0.1) is 0 Å². The second-order valence-electron chi connectivity index (χ2n) is 9.57. The number of hydrogen-bond acceptors (Lipinski definition) is 5. The SMILES string of the molecule is Cc1nccc(-c2c(C)nc(N3CCC4(CC3)Cc3c(F)cccc3[C@H]4N)c3ccnn23)c1Cl. The number of nitrogens with two attached hydrogens (primary N) is 1. The lowest BCUT2D eigenvalue weighted by atomic mass is 9.73. The van der Waals surface area contributed by atoms with Gasteiger partial charge in [0.25, 0.3) is 0 Å². The van der Waals surface area contributed by atoms with Gasteiger partial charge in [0.1, 0.15) is 11.3 Å². The van der Waals surface area contributed by atoms with Gasteiger partial charge in [0.2, 0.25) is 0 Å². The van der Waals surface area contributed by atoms with Crippen LogP contribution in [0.15, 0.2) is 42.7 Å². The number of anilines is 1.